The molecule has 2 aromatic rings. The van der Waals surface area contributed by atoms with Crippen LogP contribution in [-0.4, -0.2) is 76.8 Å². The van der Waals surface area contributed by atoms with Crippen molar-refractivity contribution < 1.29 is 35.9 Å². The average molecular weight is 611 g/mol. The molecule has 43 heavy (non-hydrogen) atoms. The van der Waals surface area contributed by atoms with Gasteiger partial charge in [-0.2, -0.15) is 26.3 Å². The summed E-state index contributed by atoms with van der Waals surface area (Å²) in [6, 6.07) is 7.73. The summed E-state index contributed by atoms with van der Waals surface area (Å²) in [7, 11) is 0. The molecular formula is C31H36F6N4O2. The molecule has 0 saturated carbocycles. The molecule has 0 spiro atoms. The summed E-state index contributed by atoms with van der Waals surface area (Å²) in [5.74, 6) is -0.128. The number of alkyl halides is 6. The third-order valence-electron chi connectivity index (χ3n) is 8.94. The van der Waals surface area contributed by atoms with E-state index in [0.29, 0.717) is 31.6 Å². The number of nitrogens with zero attached hydrogens (tertiary/aromatic N) is 4. The maximum atomic E-state index is 14.1. The minimum Gasteiger partial charge on any atom is -0.335 e. The van der Waals surface area contributed by atoms with Gasteiger partial charge in [-0.25, -0.2) is 4.79 Å². The normalized spacial score (nSPS) is 23.2. The van der Waals surface area contributed by atoms with Gasteiger partial charge in [0.15, 0.2) is 0 Å². The number of piperazine rings is 1. The Labute approximate surface area is 247 Å². The van der Waals surface area contributed by atoms with Crippen molar-refractivity contribution >= 4 is 11.9 Å². The highest BCUT2D eigenvalue weighted by atomic mass is 19.4. The summed E-state index contributed by atoms with van der Waals surface area (Å²) in [5, 5.41) is 0. The van der Waals surface area contributed by atoms with Crippen molar-refractivity contribution in [1.29, 1.82) is 0 Å². The van der Waals surface area contributed by atoms with E-state index in [-0.39, 0.29) is 42.6 Å². The fraction of sp³-hybridized carbons (Fsp3) is 0.548. The Hall–Kier alpha value is -3.28. The zero-order valence-electron chi connectivity index (χ0n) is 24.2. The standard InChI is InChI=1S/C31H36F6N4O2/c1-3-39(18-21-14-23(30(32,33)34)17-24(15-21)31(35,36)37)29(43)41-13-12-40-26(27(41)25-9-5-4-8-20(25)2)16-22(28(40)42)19-38-10-6-7-11-38/h4-5,8-9,14-15,17,22,26-27H,3,6-7,10-13,16,18-19H2,1-2H3. The van der Waals surface area contributed by atoms with Gasteiger partial charge in [-0.3, -0.25) is 4.79 Å². The lowest BCUT2D eigenvalue weighted by Crippen LogP contribution is -2.57. The Morgan fingerprint density at radius 1 is 0.930 bits per heavy atom. The number of likely N-dealkylation sites (tertiary alicyclic amines) is 1. The van der Waals surface area contributed by atoms with Gasteiger partial charge in [0.2, 0.25) is 5.91 Å². The number of aryl methyl sites for hydroxylation is 1. The van der Waals surface area contributed by atoms with Crippen molar-refractivity contribution in [3.63, 3.8) is 0 Å². The molecule has 0 N–H and O–H groups in total. The van der Waals surface area contributed by atoms with Crippen LogP contribution in [0.3, 0.4) is 0 Å². The summed E-state index contributed by atoms with van der Waals surface area (Å²) < 4.78 is 81.0. The van der Waals surface area contributed by atoms with E-state index in [9.17, 15) is 35.9 Å². The lowest BCUT2D eigenvalue weighted by atomic mass is 9.89. The molecule has 12 heteroatoms. The topological polar surface area (TPSA) is 47.1 Å². The largest absolute Gasteiger partial charge is 0.416 e. The highest BCUT2D eigenvalue weighted by Gasteiger charge is 2.50. The summed E-state index contributed by atoms with van der Waals surface area (Å²) in [5.41, 5.74) is -1.29. The lowest BCUT2D eigenvalue weighted by molar-refractivity contribution is -0.143. The number of amides is 3. The quantitative estimate of drug-likeness (QED) is 0.359. The fourth-order valence-corrected chi connectivity index (χ4v) is 6.82. The zero-order valence-corrected chi connectivity index (χ0v) is 24.2. The van der Waals surface area contributed by atoms with Crippen LogP contribution in [0.5, 0.6) is 0 Å². The second-order valence-electron chi connectivity index (χ2n) is 11.7. The maximum absolute atomic E-state index is 14.1. The van der Waals surface area contributed by atoms with Gasteiger partial charge in [0, 0.05) is 32.7 Å². The van der Waals surface area contributed by atoms with E-state index in [1.54, 1.807) is 11.8 Å². The predicted octanol–water partition coefficient (Wildman–Crippen LogP) is 6.34. The fourth-order valence-electron chi connectivity index (χ4n) is 6.82. The average Bonchev–Trinajstić information content (AvgIpc) is 3.58. The van der Waals surface area contributed by atoms with E-state index < -0.39 is 42.1 Å². The SMILES string of the molecule is CCN(Cc1cc(C(F)(F)F)cc(C(F)(F)F)c1)C(=O)N1CCN2C(=O)C(CN3CCCC3)CC2C1c1ccccc1C. The van der Waals surface area contributed by atoms with E-state index >= 15 is 0 Å². The molecule has 2 aromatic carbocycles. The van der Waals surface area contributed by atoms with Crippen molar-refractivity contribution in [2.24, 2.45) is 5.92 Å². The molecule has 0 radical (unpaired) electrons. The Kier molecular flexibility index (Phi) is 8.70. The second kappa shape index (κ2) is 12.0. The van der Waals surface area contributed by atoms with Crippen LogP contribution in [0.2, 0.25) is 0 Å². The van der Waals surface area contributed by atoms with Crippen LogP contribution in [0.25, 0.3) is 0 Å². The molecule has 0 aliphatic carbocycles. The van der Waals surface area contributed by atoms with Gasteiger partial charge in [0.25, 0.3) is 0 Å². The first kappa shape index (κ1) is 31.2. The second-order valence-corrected chi connectivity index (χ2v) is 11.7. The molecular weight excluding hydrogens is 574 g/mol. The molecule has 3 unspecified atom stereocenters. The smallest absolute Gasteiger partial charge is 0.335 e. The number of fused-ring (bicyclic) bond motifs is 1. The summed E-state index contributed by atoms with van der Waals surface area (Å²) >= 11 is 0. The van der Waals surface area contributed by atoms with Crippen molar-refractivity contribution in [2.75, 3.05) is 39.3 Å². The molecule has 3 fully saturated rings. The van der Waals surface area contributed by atoms with E-state index in [4.69, 9.17) is 0 Å². The first-order chi connectivity index (χ1) is 20.3. The molecule has 6 nitrogen and oxygen atoms in total. The molecule has 234 valence electrons. The van der Waals surface area contributed by atoms with Crippen LogP contribution in [0.1, 0.15) is 60.0 Å². The van der Waals surface area contributed by atoms with E-state index in [2.05, 4.69) is 4.90 Å². The van der Waals surface area contributed by atoms with Crippen LogP contribution in [0.15, 0.2) is 42.5 Å². The third-order valence-corrected chi connectivity index (χ3v) is 8.94. The molecule has 3 heterocycles. The lowest BCUT2D eigenvalue weighted by Gasteiger charge is -2.46. The van der Waals surface area contributed by atoms with Gasteiger partial charge in [-0.05, 0) is 81.1 Å². The molecule has 3 amide bonds. The Bertz CT molecular complexity index is 1310. The number of benzene rings is 2. The first-order valence-corrected chi connectivity index (χ1v) is 14.7. The number of hydrogen-bond donors (Lipinski definition) is 0. The third kappa shape index (κ3) is 6.49. The van der Waals surface area contributed by atoms with Crippen LogP contribution in [0.4, 0.5) is 31.1 Å². The molecule has 5 rings (SSSR count). The van der Waals surface area contributed by atoms with Crippen molar-refractivity contribution in [3.05, 3.63) is 70.3 Å². The van der Waals surface area contributed by atoms with Crippen LogP contribution >= 0.6 is 0 Å². The molecule has 0 aromatic heterocycles. The summed E-state index contributed by atoms with van der Waals surface area (Å²) in [6.45, 7) is 6.29. The summed E-state index contributed by atoms with van der Waals surface area (Å²) in [4.78, 5) is 34.7. The van der Waals surface area contributed by atoms with Crippen LogP contribution < -0.4 is 0 Å². The van der Waals surface area contributed by atoms with Crippen LogP contribution in [-0.2, 0) is 23.7 Å². The number of hydrogen-bond acceptors (Lipinski definition) is 3. The van der Waals surface area contributed by atoms with E-state index in [0.717, 1.165) is 37.1 Å². The zero-order chi connectivity index (χ0) is 31.1. The highest BCUT2D eigenvalue weighted by molar-refractivity contribution is 5.83. The van der Waals surface area contributed by atoms with Gasteiger partial charge in [-0.1, -0.05) is 24.3 Å². The van der Waals surface area contributed by atoms with Crippen molar-refractivity contribution in [3.8, 4) is 0 Å². The molecule has 3 aliphatic heterocycles. The van der Waals surface area contributed by atoms with Crippen LogP contribution in [0, 0.1) is 12.8 Å². The number of carbonyl (C=O) groups is 2. The minimum atomic E-state index is -4.98. The monoisotopic (exact) mass is 610 g/mol. The number of carbonyl (C=O) groups excluding carboxylic acids is 2. The van der Waals surface area contributed by atoms with Gasteiger partial charge < -0.3 is 19.6 Å². The first-order valence-electron chi connectivity index (χ1n) is 14.7. The predicted molar refractivity (Wildman–Crippen MR) is 148 cm³/mol. The van der Waals surface area contributed by atoms with Gasteiger partial charge in [-0.15, -0.1) is 0 Å². The number of halogens is 6. The van der Waals surface area contributed by atoms with Gasteiger partial charge in [0.05, 0.1) is 29.1 Å². The minimum absolute atomic E-state index is 0.0678. The van der Waals surface area contributed by atoms with Gasteiger partial charge >= 0.3 is 18.4 Å². The Morgan fingerprint density at radius 3 is 2.14 bits per heavy atom. The Morgan fingerprint density at radius 2 is 1.56 bits per heavy atom. The molecule has 0 bridgehead atoms. The maximum Gasteiger partial charge on any atom is 0.416 e. The van der Waals surface area contributed by atoms with E-state index in [1.807, 2.05) is 36.1 Å². The molecule has 3 saturated heterocycles. The van der Waals surface area contributed by atoms with Crippen molar-refractivity contribution in [1.82, 2.24) is 19.6 Å². The molecule has 3 atom stereocenters. The summed E-state index contributed by atoms with van der Waals surface area (Å²) in [6.07, 6.45) is -7.20. The van der Waals surface area contributed by atoms with E-state index in [1.165, 1.54) is 4.90 Å². The highest BCUT2D eigenvalue weighted by Crippen LogP contribution is 2.42. The number of urea groups is 1. The molecule has 3 aliphatic rings. The number of rotatable bonds is 6. The Balaban J connectivity index is 1.45. The van der Waals surface area contributed by atoms with Crippen molar-refractivity contribution in [2.45, 2.75) is 64.1 Å². The van der Waals surface area contributed by atoms with Gasteiger partial charge in [0.1, 0.15) is 0 Å².